The van der Waals surface area contributed by atoms with Crippen molar-refractivity contribution >= 4 is 11.9 Å². The molecule has 1 atom stereocenters. The Morgan fingerprint density at radius 3 is 2.78 bits per heavy atom. The average molecular weight is 249 g/mol. The van der Waals surface area contributed by atoms with Crippen LogP contribution in [-0.4, -0.2) is 41.7 Å². The Morgan fingerprint density at radius 1 is 1.61 bits per heavy atom. The average Bonchev–Trinajstić information content (AvgIpc) is 2.43. The van der Waals surface area contributed by atoms with E-state index < -0.39 is 24.5 Å². The van der Waals surface area contributed by atoms with Crippen molar-refractivity contribution in [1.82, 2.24) is 10.3 Å². The standard InChI is InChI=1S/C11H11N3O4/c1-18-11(17)9(6-15)14-10(16)8-3-2-7(4-12)5-13-8/h2-3,5,9,15H,6H2,1H3,(H,14,16). The van der Waals surface area contributed by atoms with Crippen LogP contribution in [0, 0.1) is 11.3 Å². The molecule has 18 heavy (non-hydrogen) atoms. The van der Waals surface area contributed by atoms with E-state index >= 15 is 0 Å². The molecule has 0 aliphatic heterocycles. The summed E-state index contributed by atoms with van der Waals surface area (Å²) in [4.78, 5) is 26.6. The number of carbonyl (C=O) groups excluding carboxylic acids is 2. The van der Waals surface area contributed by atoms with E-state index in [9.17, 15) is 9.59 Å². The first kappa shape index (κ1) is 13.6. The normalized spacial score (nSPS) is 11.2. The van der Waals surface area contributed by atoms with Gasteiger partial charge in [-0.1, -0.05) is 0 Å². The third-order valence-electron chi connectivity index (χ3n) is 2.10. The molecule has 0 saturated heterocycles. The highest BCUT2D eigenvalue weighted by Gasteiger charge is 2.21. The number of nitrogens with one attached hydrogen (secondary N) is 1. The summed E-state index contributed by atoms with van der Waals surface area (Å²) in [6.07, 6.45) is 1.24. The summed E-state index contributed by atoms with van der Waals surface area (Å²) in [7, 11) is 1.15. The lowest BCUT2D eigenvalue weighted by Gasteiger charge is -2.13. The quantitative estimate of drug-likeness (QED) is 0.677. The lowest BCUT2D eigenvalue weighted by Crippen LogP contribution is -2.44. The van der Waals surface area contributed by atoms with Crippen molar-refractivity contribution in [3.8, 4) is 6.07 Å². The minimum absolute atomic E-state index is 0.0383. The van der Waals surface area contributed by atoms with Crippen LogP contribution in [0.4, 0.5) is 0 Å². The highest BCUT2D eigenvalue weighted by molar-refractivity contribution is 5.95. The van der Waals surface area contributed by atoms with Crippen LogP contribution in [0.3, 0.4) is 0 Å². The SMILES string of the molecule is COC(=O)C(CO)NC(=O)c1ccc(C#N)cn1. The van der Waals surface area contributed by atoms with Crippen molar-refractivity contribution in [2.75, 3.05) is 13.7 Å². The van der Waals surface area contributed by atoms with Crippen molar-refractivity contribution < 1.29 is 19.4 Å². The van der Waals surface area contributed by atoms with Gasteiger partial charge >= 0.3 is 5.97 Å². The van der Waals surface area contributed by atoms with Gasteiger partial charge in [-0.05, 0) is 12.1 Å². The van der Waals surface area contributed by atoms with Gasteiger partial charge in [-0.3, -0.25) is 4.79 Å². The van der Waals surface area contributed by atoms with Gasteiger partial charge in [0.2, 0.25) is 0 Å². The van der Waals surface area contributed by atoms with Crippen molar-refractivity contribution in [2.24, 2.45) is 0 Å². The number of methoxy groups -OCH3 is 1. The van der Waals surface area contributed by atoms with Crippen LogP contribution in [0.1, 0.15) is 16.1 Å². The maximum atomic E-state index is 11.7. The zero-order chi connectivity index (χ0) is 13.5. The van der Waals surface area contributed by atoms with Gasteiger partial charge in [0.25, 0.3) is 5.91 Å². The number of aliphatic hydroxyl groups is 1. The van der Waals surface area contributed by atoms with Gasteiger partial charge in [-0.15, -0.1) is 0 Å². The fourth-order valence-corrected chi connectivity index (χ4v) is 1.15. The molecule has 0 saturated carbocycles. The predicted molar refractivity (Wildman–Crippen MR) is 59.3 cm³/mol. The molecular formula is C11H11N3O4. The number of nitrogens with zero attached hydrogens (tertiary/aromatic N) is 2. The summed E-state index contributed by atoms with van der Waals surface area (Å²) in [6, 6.07) is 3.50. The lowest BCUT2D eigenvalue weighted by molar-refractivity contribution is -0.143. The summed E-state index contributed by atoms with van der Waals surface area (Å²) in [5, 5.41) is 19.8. The highest BCUT2D eigenvalue weighted by atomic mass is 16.5. The Kier molecular flexibility index (Phi) is 4.78. The maximum Gasteiger partial charge on any atom is 0.330 e. The van der Waals surface area contributed by atoms with E-state index in [1.54, 1.807) is 0 Å². The number of hydrogen-bond acceptors (Lipinski definition) is 6. The Labute approximate surface area is 103 Å². The first-order chi connectivity index (χ1) is 8.62. The van der Waals surface area contributed by atoms with E-state index in [1.165, 1.54) is 18.3 Å². The summed E-state index contributed by atoms with van der Waals surface area (Å²) in [5.74, 6) is -1.39. The molecule has 94 valence electrons. The van der Waals surface area contributed by atoms with E-state index in [0.29, 0.717) is 5.56 Å². The third kappa shape index (κ3) is 3.26. The molecule has 0 spiro atoms. The number of ether oxygens (including phenoxy) is 1. The second-order valence-electron chi connectivity index (χ2n) is 3.28. The molecule has 1 rings (SSSR count). The topological polar surface area (TPSA) is 112 Å². The van der Waals surface area contributed by atoms with Gasteiger partial charge in [-0.25, -0.2) is 9.78 Å². The zero-order valence-electron chi connectivity index (χ0n) is 9.58. The molecule has 0 bridgehead atoms. The summed E-state index contributed by atoms with van der Waals surface area (Å²) in [6.45, 7) is -0.575. The molecule has 0 fully saturated rings. The predicted octanol–water partition coefficient (Wildman–Crippen LogP) is -0.783. The second-order valence-corrected chi connectivity index (χ2v) is 3.28. The molecule has 1 amide bonds. The molecule has 7 heteroatoms. The van der Waals surface area contributed by atoms with Crippen LogP contribution < -0.4 is 5.32 Å². The summed E-state index contributed by atoms with van der Waals surface area (Å²) >= 11 is 0. The molecule has 0 aliphatic carbocycles. The van der Waals surface area contributed by atoms with Gasteiger partial charge in [0.1, 0.15) is 11.8 Å². The van der Waals surface area contributed by atoms with Crippen molar-refractivity contribution in [1.29, 1.82) is 5.26 Å². The van der Waals surface area contributed by atoms with Crippen molar-refractivity contribution in [2.45, 2.75) is 6.04 Å². The van der Waals surface area contributed by atoms with Gasteiger partial charge in [0.15, 0.2) is 6.04 Å². The lowest BCUT2D eigenvalue weighted by atomic mass is 10.2. The van der Waals surface area contributed by atoms with Gasteiger partial charge in [-0.2, -0.15) is 5.26 Å². The number of aromatic nitrogens is 1. The number of esters is 1. The molecule has 7 nitrogen and oxygen atoms in total. The smallest absolute Gasteiger partial charge is 0.330 e. The number of amides is 1. The van der Waals surface area contributed by atoms with Gasteiger partial charge in [0.05, 0.1) is 19.3 Å². The number of aliphatic hydroxyl groups excluding tert-OH is 1. The first-order valence-electron chi connectivity index (χ1n) is 4.98. The largest absolute Gasteiger partial charge is 0.467 e. The van der Waals surface area contributed by atoms with E-state index in [0.717, 1.165) is 7.11 Å². The molecule has 0 radical (unpaired) electrons. The molecule has 1 aromatic rings. The van der Waals surface area contributed by atoms with E-state index in [-0.39, 0.29) is 5.69 Å². The van der Waals surface area contributed by atoms with Crippen LogP contribution in [0.25, 0.3) is 0 Å². The zero-order valence-corrected chi connectivity index (χ0v) is 9.58. The van der Waals surface area contributed by atoms with Crippen LogP contribution in [-0.2, 0) is 9.53 Å². The van der Waals surface area contributed by atoms with E-state index in [1.807, 2.05) is 6.07 Å². The number of rotatable bonds is 4. The summed E-state index contributed by atoms with van der Waals surface area (Å²) < 4.78 is 4.40. The number of pyridine rings is 1. The van der Waals surface area contributed by atoms with Crippen molar-refractivity contribution in [3.63, 3.8) is 0 Å². The minimum atomic E-state index is -1.14. The Balaban J connectivity index is 2.75. The summed E-state index contributed by atoms with van der Waals surface area (Å²) in [5.41, 5.74) is 0.356. The van der Waals surface area contributed by atoms with Gasteiger partial charge < -0.3 is 15.2 Å². The van der Waals surface area contributed by atoms with Crippen LogP contribution in [0.15, 0.2) is 18.3 Å². The van der Waals surface area contributed by atoms with Gasteiger partial charge in [0, 0.05) is 6.20 Å². The molecule has 0 aromatic carbocycles. The fourth-order valence-electron chi connectivity index (χ4n) is 1.15. The Hall–Kier alpha value is -2.46. The van der Waals surface area contributed by atoms with Crippen LogP contribution >= 0.6 is 0 Å². The molecule has 1 unspecified atom stereocenters. The molecule has 2 N–H and O–H groups in total. The number of carbonyl (C=O) groups is 2. The molecular weight excluding hydrogens is 238 g/mol. The fraction of sp³-hybridized carbons (Fsp3) is 0.273. The van der Waals surface area contributed by atoms with E-state index in [4.69, 9.17) is 10.4 Å². The highest BCUT2D eigenvalue weighted by Crippen LogP contribution is 1.99. The van der Waals surface area contributed by atoms with Crippen molar-refractivity contribution in [3.05, 3.63) is 29.6 Å². The van der Waals surface area contributed by atoms with Crippen LogP contribution in [0.2, 0.25) is 0 Å². The minimum Gasteiger partial charge on any atom is -0.467 e. The molecule has 1 heterocycles. The third-order valence-corrected chi connectivity index (χ3v) is 2.10. The monoisotopic (exact) mass is 249 g/mol. The number of hydrogen-bond donors (Lipinski definition) is 2. The second kappa shape index (κ2) is 6.32. The maximum absolute atomic E-state index is 11.7. The van der Waals surface area contributed by atoms with Crippen LogP contribution in [0.5, 0.6) is 0 Å². The molecule has 1 aromatic heterocycles. The Bertz CT molecular complexity index is 478. The molecule has 0 aliphatic rings. The number of nitriles is 1. The van der Waals surface area contributed by atoms with E-state index in [2.05, 4.69) is 15.0 Å². The first-order valence-corrected chi connectivity index (χ1v) is 4.98. The Morgan fingerprint density at radius 2 is 2.33 bits per heavy atom.